The molecule has 0 unspecified atom stereocenters. The Labute approximate surface area is 314 Å². The van der Waals surface area contributed by atoms with E-state index in [-0.39, 0.29) is 35.5 Å². The number of rotatable bonds is 23. The van der Waals surface area contributed by atoms with E-state index in [9.17, 15) is 9.59 Å². The van der Waals surface area contributed by atoms with Crippen LogP contribution in [0.5, 0.6) is 0 Å². The molecule has 0 aliphatic rings. The third-order valence-electron chi connectivity index (χ3n) is 6.49. The molecule has 0 aromatic carbocycles. The molecule has 0 aliphatic heterocycles. The minimum Gasteiger partial charge on any atom is -0.330 e. The number of ketones is 2. The molecule has 0 spiro atoms. The molecule has 0 rings (SSSR count). The van der Waals surface area contributed by atoms with Crippen LogP contribution in [0.15, 0.2) is 0 Å². The van der Waals surface area contributed by atoms with Gasteiger partial charge in [-0.1, -0.05) is 137 Å². The first kappa shape index (κ1) is 73.5. The molecule has 0 aliphatic carbocycles. The molecule has 6 N–H and O–H groups in total. The van der Waals surface area contributed by atoms with Crippen LogP contribution in [0.2, 0.25) is 0 Å². The lowest BCUT2D eigenvalue weighted by molar-refractivity contribution is -0.119. The fraction of sp³-hybridized carbons (Fsp3) is 0.951. The van der Waals surface area contributed by atoms with Gasteiger partial charge in [0.1, 0.15) is 11.6 Å². The Balaban J connectivity index is -0.0000000523. The van der Waals surface area contributed by atoms with Gasteiger partial charge in [-0.3, -0.25) is 14.5 Å². The molecule has 8 nitrogen and oxygen atoms in total. The molecule has 0 aromatic heterocycles. The molecule has 0 heterocycles. The van der Waals surface area contributed by atoms with E-state index in [2.05, 4.69) is 53.5 Å². The maximum atomic E-state index is 11.3. The molecule has 49 heavy (non-hydrogen) atoms. The van der Waals surface area contributed by atoms with Crippen LogP contribution >= 0.6 is 0 Å². The van der Waals surface area contributed by atoms with Crippen molar-refractivity contribution in [3.8, 4) is 0 Å². The second-order valence-electron chi connectivity index (χ2n) is 11.4. The lowest BCUT2D eigenvalue weighted by Gasteiger charge is -2.15. The molecule has 0 amide bonds. The predicted octanol–water partition coefficient (Wildman–Crippen LogP) is 10.3. The summed E-state index contributed by atoms with van der Waals surface area (Å²) >= 11 is 0. The first-order valence-corrected chi connectivity index (χ1v) is 18.7. The van der Waals surface area contributed by atoms with Crippen molar-refractivity contribution in [1.29, 1.82) is 0 Å². The number of hydrogen-bond acceptors (Lipinski definition) is 8. The van der Waals surface area contributed by atoms with Gasteiger partial charge in [-0.2, -0.15) is 0 Å². The van der Waals surface area contributed by atoms with Crippen LogP contribution in [0, 0.1) is 0 Å². The van der Waals surface area contributed by atoms with Crippen molar-refractivity contribution < 1.29 is 9.59 Å². The summed E-state index contributed by atoms with van der Waals surface area (Å²) in [6.45, 7) is 25.9. The van der Waals surface area contributed by atoms with Crippen molar-refractivity contribution in [2.75, 3.05) is 73.6 Å². The standard InChI is InChI=1S/C12H24N2O2.C12H28N2.C4H12N2.C4H10.C3H8.C2H6.4CH4/c1-3-4-11(15)6-9-14(2)10-7-12(16)5-8-13;1-3-4-5-8-11-14(2)12-9-6-7-10-13;1-3-6(2)4-5;1-3-4-2;1-3-2;1-2;;;;/h3-10,13H2,1-2H3;3-13H2,1-2H3;3-5H2,1-2H3;3-4H2,1-2H3;3H2,1-2H3;1-2H3;4*1H4. The third kappa shape index (κ3) is 93.0. The second-order valence-corrected chi connectivity index (χ2v) is 11.4. The monoisotopic (exact) mass is 713 g/mol. The maximum Gasteiger partial charge on any atom is 0.135 e. The highest BCUT2D eigenvalue weighted by molar-refractivity contribution is 5.79. The van der Waals surface area contributed by atoms with E-state index in [1.54, 1.807) is 0 Å². The van der Waals surface area contributed by atoms with Crippen molar-refractivity contribution >= 4 is 11.6 Å². The zero-order valence-corrected chi connectivity index (χ0v) is 33.2. The third-order valence-corrected chi connectivity index (χ3v) is 6.49. The van der Waals surface area contributed by atoms with Crippen LogP contribution in [-0.4, -0.2) is 99.9 Å². The summed E-state index contributed by atoms with van der Waals surface area (Å²) in [6, 6.07) is 0. The minimum atomic E-state index is 0. The van der Waals surface area contributed by atoms with Crippen LogP contribution in [0.1, 0.15) is 188 Å². The molecule has 0 aromatic rings. The summed E-state index contributed by atoms with van der Waals surface area (Å²) in [5, 5.41) is 0. The predicted molar refractivity (Wildman–Crippen MR) is 232 cm³/mol. The second kappa shape index (κ2) is 72.7. The molecule has 0 bridgehead atoms. The zero-order valence-electron chi connectivity index (χ0n) is 33.2. The average molecular weight is 713 g/mol. The summed E-state index contributed by atoms with van der Waals surface area (Å²) in [5.74, 6) is 0.511. The molecule has 0 fully saturated rings. The summed E-state index contributed by atoms with van der Waals surface area (Å²) < 4.78 is 0. The molecule has 0 saturated carbocycles. The van der Waals surface area contributed by atoms with Crippen LogP contribution in [0.3, 0.4) is 0 Å². The lowest BCUT2D eigenvalue weighted by Crippen LogP contribution is -2.25. The molecular weight excluding hydrogens is 608 g/mol. The minimum absolute atomic E-state index is 0. The van der Waals surface area contributed by atoms with Gasteiger partial charge in [0.2, 0.25) is 0 Å². The van der Waals surface area contributed by atoms with Gasteiger partial charge in [0.25, 0.3) is 0 Å². The van der Waals surface area contributed by atoms with E-state index in [1.165, 1.54) is 77.3 Å². The van der Waals surface area contributed by atoms with Crippen molar-refractivity contribution in [2.24, 2.45) is 17.2 Å². The van der Waals surface area contributed by atoms with E-state index in [0.29, 0.717) is 44.7 Å². The molecule has 8 heteroatoms. The van der Waals surface area contributed by atoms with Gasteiger partial charge in [0.05, 0.1) is 0 Å². The highest BCUT2D eigenvalue weighted by Crippen LogP contribution is 2.02. The van der Waals surface area contributed by atoms with Gasteiger partial charge in [0.15, 0.2) is 0 Å². The smallest absolute Gasteiger partial charge is 0.135 e. The number of Topliss-reactive ketones (excluding diaryl/α,β-unsaturated/α-hetero) is 2. The van der Waals surface area contributed by atoms with Crippen LogP contribution in [0.25, 0.3) is 0 Å². The first-order valence-electron chi connectivity index (χ1n) is 18.7. The number of unbranched alkanes of at least 4 members (excludes halogenated alkanes) is 6. The SMILES string of the molecule is C.C.C.C.CC.CCC.CCCC.CCCC(=O)CCN(C)CCC(=O)CCN.CCCCCCN(C)CCCCCN.CCN(C)CN. The highest BCUT2D eigenvalue weighted by Gasteiger charge is 2.06. The van der Waals surface area contributed by atoms with Gasteiger partial charge in [-0.15, -0.1) is 0 Å². The Hall–Kier alpha value is -0.900. The summed E-state index contributed by atoms with van der Waals surface area (Å²) in [6.07, 6.45) is 16.3. The molecule has 0 radical (unpaired) electrons. The molecular formula is C41H104N6O2. The normalized spacial score (nSPS) is 9.02. The fourth-order valence-corrected chi connectivity index (χ4v) is 3.18. The fourth-order valence-electron chi connectivity index (χ4n) is 3.18. The van der Waals surface area contributed by atoms with E-state index < -0.39 is 0 Å². The molecule has 310 valence electrons. The van der Waals surface area contributed by atoms with E-state index in [4.69, 9.17) is 17.2 Å². The average Bonchev–Trinajstić information content (AvgIpc) is 3.05. The highest BCUT2D eigenvalue weighted by atomic mass is 16.1. The Morgan fingerprint density at radius 3 is 1.12 bits per heavy atom. The topological polar surface area (TPSA) is 122 Å². The van der Waals surface area contributed by atoms with Crippen molar-refractivity contribution in [1.82, 2.24) is 14.7 Å². The first-order chi connectivity index (χ1) is 21.5. The van der Waals surface area contributed by atoms with Crippen molar-refractivity contribution in [3.05, 3.63) is 0 Å². The number of nitrogens with two attached hydrogens (primary N) is 3. The number of carbonyl (C=O) groups is 2. The quantitative estimate of drug-likeness (QED) is 0.0707. The van der Waals surface area contributed by atoms with Crippen molar-refractivity contribution in [3.63, 3.8) is 0 Å². The Morgan fingerprint density at radius 1 is 0.449 bits per heavy atom. The summed E-state index contributed by atoms with van der Waals surface area (Å²) in [5.41, 5.74) is 15.9. The van der Waals surface area contributed by atoms with Crippen LogP contribution in [-0.2, 0) is 9.59 Å². The summed E-state index contributed by atoms with van der Waals surface area (Å²) in [4.78, 5) is 29.0. The number of hydrogen-bond donors (Lipinski definition) is 3. The Morgan fingerprint density at radius 2 is 0.837 bits per heavy atom. The molecule has 0 saturated heterocycles. The van der Waals surface area contributed by atoms with Crippen molar-refractivity contribution in [2.45, 2.75) is 188 Å². The van der Waals surface area contributed by atoms with Crippen LogP contribution < -0.4 is 17.2 Å². The number of nitrogens with zero attached hydrogens (tertiary/aromatic N) is 3. The van der Waals surface area contributed by atoms with Gasteiger partial charge in [-0.25, -0.2) is 0 Å². The van der Waals surface area contributed by atoms with E-state index in [1.807, 2.05) is 44.7 Å². The lowest BCUT2D eigenvalue weighted by atomic mass is 10.1. The maximum absolute atomic E-state index is 11.3. The molecule has 0 atom stereocenters. The van der Waals surface area contributed by atoms with Gasteiger partial charge in [0, 0.05) is 45.4 Å². The van der Waals surface area contributed by atoms with Gasteiger partial charge >= 0.3 is 0 Å². The zero-order chi connectivity index (χ0) is 36.2. The largest absolute Gasteiger partial charge is 0.330 e. The van der Waals surface area contributed by atoms with Gasteiger partial charge in [-0.05, 0) is 79.6 Å². The van der Waals surface area contributed by atoms with Gasteiger partial charge < -0.3 is 27.0 Å². The summed E-state index contributed by atoms with van der Waals surface area (Å²) in [7, 11) is 6.16. The van der Waals surface area contributed by atoms with E-state index in [0.717, 1.165) is 32.6 Å². The van der Waals surface area contributed by atoms with E-state index >= 15 is 0 Å². The Kier molecular flexibility index (Phi) is 109. The Bertz CT molecular complexity index is 470. The number of carbonyl (C=O) groups excluding carboxylic acids is 2. The van der Waals surface area contributed by atoms with Crippen LogP contribution in [0.4, 0.5) is 0 Å².